The van der Waals surface area contributed by atoms with Gasteiger partial charge >= 0.3 is 5.97 Å². The van der Waals surface area contributed by atoms with Gasteiger partial charge in [-0.3, -0.25) is 19.2 Å². The Balaban J connectivity index is 1.34. The van der Waals surface area contributed by atoms with Crippen molar-refractivity contribution in [2.75, 3.05) is 13.2 Å². The largest absolute Gasteiger partial charge is 0.461 e. The zero-order valence-corrected chi connectivity index (χ0v) is 24.2. The van der Waals surface area contributed by atoms with Crippen LogP contribution in [0.4, 0.5) is 0 Å². The molecule has 8 nitrogen and oxygen atoms in total. The minimum Gasteiger partial charge on any atom is -0.461 e. The lowest BCUT2D eigenvalue weighted by molar-refractivity contribution is -0.146. The van der Waals surface area contributed by atoms with Crippen molar-refractivity contribution in [3.8, 4) is 0 Å². The lowest BCUT2D eigenvalue weighted by atomic mass is 10.1. The fourth-order valence-electron chi connectivity index (χ4n) is 4.24. The van der Waals surface area contributed by atoms with E-state index in [1.807, 2.05) is 78.9 Å². The Bertz CT molecular complexity index is 1170. The second-order valence-corrected chi connectivity index (χ2v) is 10.1. The van der Waals surface area contributed by atoms with Crippen LogP contribution in [0, 0.1) is 0 Å². The number of carbonyl (C=O) groups excluding carboxylic acids is 3. The standard InChI is InChI=1S/C34H42N2O6/c37-32(21-11-4-12-24-40-25-13-20-28-14-5-1-6-15-28)35-31(34(39)36-42-27-30-18-9-3-10-19-30)22-23-33(38)41-26-29-16-7-2-8-17-29/h1-3,5-10,14-19,31H,4,11-13,20-27H2,(H,35,37)(H,36,39)/t31-/m1/s1. The zero-order valence-electron chi connectivity index (χ0n) is 24.2. The van der Waals surface area contributed by atoms with Gasteiger partial charge in [0.1, 0.15) is 12.6 Å². The molecule has 0 aliphatic heterocycles. The van der Waals surface area contributed by atoms with Crippen molar-refractivity contribution in [1.82, 2.24) is 10.8 Å². The normalized spacial score (nSPS) is 11.4. The maximum absolute atomic E-state index is 12.8. The van der Waals surface area contributed by atoms with Gasteiger partial charge in [0.05, 0.1) is 6.61 Å². The van der Waals surface area contributed by atoms with Gasteiger partial charge in [-0.1, -0.05) is 97.4 Å². The summed E-state index contributed by atoms with van der Waals surface area (Å²) in [4.78, 5) is 43.2. The lowest BCUT2D eigenvalue weighted by Gasteiger charge is -2.18. The Labute approximate surface area is 248 Å². The maximum Gasteiger partial charge on any atom is 0.306 e. The first kappa shape index (κ1) is 32.5. The molecule has 2 N–H and O–H groups in total. The molecule has 42 heavy (non-hydrogen) atoms. The molecule has 1 atom stereocenters. The van der Waals surface area contributed by atoms with Crippen LogP contribution in [0.1, 0.15) is 61.6 Å². The molecule has 0 spiro atoms. The van der Waals surface area contributed by atoms with Crippen LogP contribution in [0.5, 0.6) is 0 Å². The molecule has 0 radical (unpaired) electrons. The number of aryl methyl sites for hydroxylation is 1. The molecule has 2 amide bonds. The summed E-state index contributed by atoms with van der Waals surface area (Å²) in [6.07, 6.45) is 4.71. The van der Waals surface area contributed by atoms with Gasteiger partial charge in [0.2, 0.25) is 5.91 Å². The van der Waals surface area contributed by atoms with E-state index >= 15 is 0 Å². The van der Waals surface area contributed by atoms with Crippen LogP contribution < -0.4 is 10.8 Å². The molecule has 0 aromatic heterocycles. The quantitative estimate of drug-likeness (QED) is 0.106. The van der Waals surface area contributed by atoms with E-state index < -0.39 is 17.9 Å². The number of nitrogens with one attached hydrogen (secondary N) is 2. The lowest BCUT2D eigenvalue weighted by Crippen LogP contribution is -2.46. The molecule has 0 aliphatic rings. The van der Waals surface area contributed by atoms with Gasteiger partial charge in [-0.05, 0) is 48.8 Å². The SMILES string of the molecule is O=C(CCCCCOCCCc1ccccc1)N[C@H](CCC(=O)OCc1ccccc1)C(=O)NOCc1ccccc1. The monoisotopic (exact) mass is 574 g/mol. The summed E-state index contributed by atoms with van der Waals surface area (Å²) in [6, 6.07) is 28.2. The summed E-state index contributed by atoms with van der Waals surface area (Å²) in [7, 11) is 0. The number of rotatable bonds is 20. The van der Waals surface area contributed by atoms with Crippen molar-refractivity contribution in [1.29, 1.82) is 0 Å². The molecular formula is C34H42N2O6. The van der Waals surface area contributed by atoms with Crippen LogP contribution in [0.25, 0.3) is 0 Å². The first-order chi connectivity index (χ1) is 20.6. The summed E-state index contributed by atoms with van der Waals surface area (Å²) < 4.78 is 11.0. The fourth-order valence-corrected chi connectivity index (χ4v) is 4.24. The second kappa shape index (κ2) is 20.0. The highest BCUT2D eigenvalue weighted by Gasteiger charge is 2.22. The Morgan fingerprint density at radius 1 is 0.643 bits per heavy atom. The molecule has 3 rings (SSSR count). The summed E-state index contributed by atoms with van der Waals surface area (Å²) in [5.74, 6) is -1.21. The van der Waals surface area contributed by atoms with E-state index in [1.54, 1.807) is 0 Å². The summed E-state index contributed by atoms with van der Waals surface area (Å²) in [5, 5.41) is 2.76. The van der Waals surface area contributed by atoms with Gasteiger partial charge in [0.15, 0.2) is 0 Å². The minimum atomic E-state index is -0.925. The van der Waals surface area contributed by atoms with E-state index in [-0.39, 0.29) is 38.4 Å². The number of amides is 2. The predicted octanol–water partition coefficient (Wildman–Crippen LogP) is 5.45. The van der Waals surface area contributed by atoms with Crippen LogP contribution in [-0.4, -0.2) is 37.0 Å². The number of hydroxylamine groups is 1. The van der Waals surface area contributed by atoms with Crippen molar-refractivity contribution in [2.24, 2.45) is 0 Å². The highest BCUT2D eigenvalue weighted by molar-refractivity contribution is 5.87. The number of ether oxygens (including phenoxy) is 2. The third kappa shape index (κ3) is 14.1. The van der Waals surface area contributed by atoms with E-state index in [2.05, 4.69) is 22.9 Å². The van der Waals surface area contributed by atoms with Gasteiger partial charge < -0.3 is 14.8 Å². The van der Waals surface area contributed by atoms with Crippen LogP contribution in [0.3, 0.4) is 0 Å². The Morgan fingerprint density at radius 3 is 1.90 bits per heavy atom. The van der Waals surface area contributed by atoms with Gasteiger partial charge in [-0.2, -0.15) is 0 Å². The average Bonchev–Trinajstić information content (AvgIpc) is 3.02. The van der Waals surface area contributed by atoms with E-state index in [9.17, 15) is 14.4 Å². The Hall–Kier alpha value is -4.01. The number of benzene rings is 3. The fraction of sp³-hybridized carbons (Fsp3) is 0.382. The van der Waals surface area contributed by atoms with Crippen molar-refractivity contribution in [3.05, 3.63) is 108 Å². The number of hydrogen-bond acceptors (Lipinski definition) is 6. The predicted molar refractivity (Wildman–Crippen MR) is 161 cm³/mol. The highest BCUT2D eigenvalue weighted by Crippen LogP contribution is 2.08. The number of esters is 1. The number of hydrogen-bond donors (Lipinski definition) is 2. The second-order valence-electron chi connectivity index (χ2n) is 10.1. The minimum absolute atomic E-state index is 0.0223. The molecule has 3 aromatic rings. The van der Waals surface area contributed by atoms with E-state index in [0.717, 1.165) is 36.8 Å². The molecule has 0 unspecified atom stereocenters. The first-order valence-corrected chi connectivity index (χ1v) is 14.7. The van der Waals surface area contributed by atoms with Crippen molar-refractivity contribution in [3.63, 3.8) is 0 Å². The third-order valence-electron chi connectivity index (χ3n) is 6.58. The van der Waals surface area contributed by atoms with Crippen LogP contribution in [-0.2, 0) is 48.3 Å². The third-order valence-corrected chi connectivity index (χ3v) is 6.58. The molecule has 3 aromatic carbocycles. The summed E-state index contributed by atoms with van der Waals surface area (Å²) in [6.45, 7) is 1.71. The molecule has 0 saturated heterocycles. The van der Waals surface area contributed by atoms with Gasteiger partial charge in [-0.15, -0.1) is 0 Å². The molecule has 0 saturated carbocycles. The topological polar surface area (TPSA) is 103 Å². The van der Waals surface area contributed by atoms with Gasteiger partial charge in [0.25, 0.3) is 5.91 Å². The number of carbonyl (C=O) groups is 3. The van der Waals surface area contributed by atoms with Crippen LogP contribution in [0.15, 0.2) is 91.0 Å². The van der Waals surface area contributed by atoms with E-state index in [1.165, 1.54) is 5.56 Å². The maximum atomic E-state index is 12.8. The Kier molecular flexibility index (Phi) is 15.4. The first-order valence-electron chi connectivity index (χ1n) is 14.7. The van der Waals surface area contributed by atoms with Crippen molar-refractivity contribution in [2.45, 2.75) is 70.6 Å². The van der Waals surface area contributed by atoms with Crippen molar-refractivity contribution < 1.29 is 28.7 Å². The zero-order chi connectivity index (χ0) is 29.7. The van der Waals surface area contributed by atoms with E-state index in [0.29, 0.717) is 19.6 Å². The summed E-state index contributed by atoms with van der Waals surface area (Å²) in [5.41, 5.74) is 5.49. The van der Waals surface area contributed by atoms with Crippen molar-refractivity contribution >= 4 is 17.8 Å². The highest BCUT2D eigenvalue weighted by atomic mass is 16.7. The number of unbranched alkanes of at least 4 members (excludes halogenated alkanes) is 2. The molecule has 8 heteroatoms. The average molecular weight is 575 g/mol. The molecule has 0 aliphatic carbocycles. The molecule has 0 bridgehead atoms. The van der Waals surface area contributed by atoms with Gasteiger partial charge in [-0.25, -0.2) is 5.48 Å². The molecular weight excluding hydrogens is 532 g/mol. The van der Waals surface area contributed by atoms with E-state index in [4.69, 9.17) is 14.3 Å². The molecule has 0 heterocycles. The summed E-state index contributed by atoms with van der Waals surface area (Å²) >= 11 is 0. The molecule has 224 valence electrons. The molecule has 0 fully saturated rings. The van der Waals surface area contributed by atoms with Crippen LogP contribution in [0.2, 0.25) is 0 Å². The smallest absolute Gasteiger partial charge is 0.306 e. The van der Waals surface area contributed by atoms with Gasteiger partial charge in [0, 0.05) is 26.1 Å². The van der Waals surface area contributed by atoms with Crippen LogP contribution >= 0.6 is 0 Å². The Morgan fingerprint density at radius 2 is 1.24 bits per heavy atom.